The minimum atomic E-state index is 0.761. The van der Waals surface area contributed by atoms with E-state index in [9.17, 15) is 0 Å². The summed E-state index contributed by atoms with van der Waals surface area (Å²) >= 11 is 0. The van der Waals surface area contributed by atoms with Crippen LogP contribution in [-0.2, 0) is 0 Å². The maximum absolute atomic E-state index is 5.95. The fourth-order valence-electron chi connectivity index (χ4n) is 3.37. The predicted molar refractivity (Wildman–Crippen MR) is 84.9 cm³/mol. The molecule has 0 unspecified atom stereocenters. The summed E-state index contributed by atoms with van der Waals surface area (Å²) in [4.78, 5) is 0. The zero-order valence-corrected chi connectivity index (χ0v) is 13.3. The van der Waals surface area contributed by atoms with Gasteiger partial charge in [-0.1, -0.05) is 18.2 Å². The normalized spacial score (nSPS) is 22.4. The minimum absolute atomic E-state index is 0.761. The summed E-state index contributed by atoms with van der Waals surface area (Å²) < 4.78 is 7.22. The van der Waals surface area contributed by atoms with E-state index >= 15 is 0 Å². The molecule has 20 heavy (non-hydrogen) atoms. The maximum atomic E-state index is 5.95. The van der Waals surface area contributed by atoms with Crippen molar-refractivity contribution in [1.82, 2.24) is 0 Å². The molecule has 0 bridgehead atoms. The molecule has 1 aliphatic rings. The molecular weight excluding hydrogens is 246 g/mol. The van der Waals surface area contributed by atoms with Crippen molar-refractivity contribution in [2.24, 2.45) is 11.8 Å². The molecule has 0 aromatic heterocycles. The Morgan fingerprint density at radius 3 is 2.05 bits per heavy atom. The lowest BCUT2D eigenvalue weighted by Gasteiger charge is -2.44. The quantitative estimate of drug-likeness (QED) is 0.653. The van der Waals surface area contributed by atoms with E-state index in [1.165, 1.54) is 43.5 Å². The van der Waals surface area contributed by atoms with Crippen LogP contribution in [0.25, 0.3) is 0 Å². The fraction of sp³-hybridized carbons (Fsp3) is 0.667. The van der Waals surface area contributed by atoms with Gasteiger partial charge in [0.25, 0.3) is 0 Å². The van der Waals surface area contributed by atoms with Crippen LogP contribution in [0.1, 0.15) is 33.6 Å². The molecule has 2 heteroatoms. The molecular formula is C18H30NO+. The minimum Gasteiger partial charge on any atom is -0.493 e. The van der Waals surface area contributed by atoms with Gasteiger partial charge in [0, 0.05) is 11.8 Å². The van der Waals surface area contributed by atoms with E-state index in [4.69, 9.17) is 4.74 Å². The Kier molecular flexibility index (Phi) is 5.47. The highest BCUT2D eigenvalue weighted by atomic mass is 16.5. The fourth-order valence-corrected chi connectivity index (χ4v) is 3.37. The van der Waals surface area contributed by atoms with Crippen LogP contribution in [0, 0.1) is 11.8 Å². The van der Waals surface area contributed by atoms with Gasteiger partial charge < -0.3 is 9.22 Å². The van der Waals surface area contributed by atoms with Gasteiger partial charge in [0.05, 0.1) is 32.8 Å². The average molecular weight is 276 g/mol. The molecule has 1 aliphatic carbocycles. The monoisotopic (exact) mass is 276 g/mol. The molecule has 2 nitrogen and oxygen atoms in total. The number of hydrogen-bond acceptors (Lipinski definition) is 1. The number of hydrogen-bond donors (Lipinski definition) is 0. The van der Waals surface area contributed by atoms with Gasteiger partial charge in [-0.2, -0.15) is 0 Å². The summed E-state index contributed by atoms with van der Waals surface area (Å²) in [5.74, 6) is 2.64. The zero-order valence-electron chi connectivity index (χ0n) is 13.3. The van der Waals surface area contributed by atoms with E-state index in [1.54, 1.807) is 0 Å². The molecule has 0 saturated heterocycles. The lowest BCUT2D eigenvalue weighted by Crippen LogP contribution is -2.53. The van der Waals surface area contributed by atoms with E-state index in [-0.39, 0.29) is 0 Å². The van der Waals surface area contributed by atoms with Crippen molar-refractivity contribution >= 4 is 0 Å². The second-order valence-electron chi connectivity index (χ2n) is 6.19. The van der Waals surface area contributed by atoms with Gasteiger partial charge in [-0.25, -0.2) is 0 Å². The van der Waals surface area contributed by atoms with Crippen molar-refractivity contribution in [1.29, 1.82) is 0 Å². The lowest BCUT2D eigenvalue weighted by atomic mass is 9.73. The van der Waals surface area contributed by atoms with Crippen molar-refractivity contribution in [3.8, 4) is 5.75 Å². The molecule has 1 aromatic carbocycles. The van der Waals surface area contributed by atoms with Crippen molar-refractivity contribution < 1.29 is 9.22 Å². The Labute approximate surface area is 124 Å². The highest BCUT2D eigenvalue weighted by molar-refractivity contribution is 5.20. The van der Waals surface area contributed by atoms with Crippen molar-refractivity contribution in [2.75, 3.05) is 32.8 Å². The lowest BCUT2D eigenvalue weighted by molar-refractivity contribution is -0.927. The van der Waals surface area contributed by atoms with Gasteiger partial charge >= 0.3 is 0 Å². The van der Waals surface area contributed by atoms with E-state index in [0.717, 1.165) is 24.2 Å². The second kappa shape index (κ2) is 7.12. The van der Waals surface area contributed by atoms with Crippen LogP contribution < -0.4 is 4.74 Å². The van der Waals surface area contributed by atoms with E-state index in [1.807, 2.05) is 18.2 Å². The summed E-state index contributed by atoms with van der Waals surface area (Å²) in [7, 11) is 0. The molecule has 2 rings (SSSR count). The van der Waals surface area contributed by atoms with Crippen molar-refractivity contribution in [2.45, 2.75) is 33.6 Å². The van der Waals surface area contributed by atoms with Gasteiger partial charge in [-0.05, 0) is 45.7 Å². The molecule has 2 atom stereocenters. The highest BCUT2D eigenvalue weighted by Crippen LogP contribution is 2.36. The molecule has 0 amide bonds. The molecule has 112 valence electrons. The van der Waals surface area contributed by atoms with E-state index in [0.29, 0.717) is 0 Å². The zero-order chi connectivity index (χ0) is 14.4. The molecule has 1 saturated carbocycles. The molecule has 1 fully saturated rings. The third-order valence-electron chi connectivity index (χ3n) is 5.42. The number of nitrogens with zero attached hydrogens (tertiary/aromatic N) is 1. The van der Waals surface area contributed by atoms with Crippen molar-refractivity contribution in [3.05, 3.63) is 30.3 Å². The molecule has 0 aliphatic heterocycles. The first-order chi connectivity index (χ1) is 9.73. The van der Waals surface area contributed by atoms with Gasteiger partial charge in [-0.15, -0.1) is 0 Å². The van der Waals surface area contributed by atoms with Crippen LogP contribution in [0.3, 0.4) is 0 Å². The Morgan fingerprint density at radius 1 is 0.950 bits per heavy atom. The molecule has 0 N–H and O–H groups in total. The van der Waals surface area contributed by atoms with Gasteiger partial charge in [-0.3, -0.25) is 0 Å². The molecule has 1 aromatic rings. The van der Waals surface area contributed by atoms with E-state index in [2.05, 4.69) is 32.9 Å². The number of ether oxygens (including phenoxy) is 1. The summed E-state index contributed by atoms with van der Waals surface area (Å²) in [5.41, 5.74) is 0. The second-order valence-corrected chi connectivity index (χ2v) is 6.19. The standard InChI is InChI=1S/C18H30NO/c1-4-19(5-2,6-3)14-16-12-13-17(16)15-20-18-10-8-7-9-11-18/h7-11,16-17H,4-6,12-15H2,1-3H3/q+1/t16-,17-/m1/s1. The number of benzene rings is 1. The topological polar surface area (TPSA) is 9.23 Å². The van der Waals surface area contributed by atoms with Crippen LogP contribution >= 0.6 is 0 Å². The first-order valence-corrected chi connectivity index (χ1v) is 8.26. The Morgan fingerprint density at radius 2 is 1.55 bits per heavy atom. The first kappa shape index (κ1) is 15.4. The summed E-state index contributed by atoms with van der Waals surface area (Å²) in [6.45, 7) is 13.0. The summed E-state index contributed by atoms with van der Waals surface area (Å²) in [6.07, 6.45) is 2.73. The smallest absolute Gasteiger partial charge is 0.119 e. The van der Waals surface area contributed by atoms with Crippen LogP contribution in [0.15, 0.2) is 30.3 Å². The predicted octanol–water partition coefficient (Wildman–Crippen LogP) is 3.97. The molecule has 0 radical (unpaired) electrons. The molecule has 0 heterocycles. The van der Waals surface area contributed by atoms with Crippen LogP contribution in [0.2, 0.25) is 0 Å². The van der Waals surface area contributed by atoms with Gasteiger partial charge in [0.15, 0.2) is 0 Å². The third kappa shape index (κ3) is 3.54. The first-order valence-electron chi connectivity index (χ1n) is 8.26. The van der Waals surface area contributed by atoms with E-state index < -0.39 is 0 Å². The number of rotatable bonds is 8. The van der Waals surface area contributed by atoms with Crippen LogP contribution in [0.5, 0.6) is 5.75 Å². The number of quaternary nitrogens is 1. The average Bonchev–Trinajstić information content (AvgIpc) is 2.49. The SMILES string of the molecule is CC[N+](CC)(CC)C[C@H]1CC[C@@H]1COc1ccccc1. The Hall–Kier alpha value is -1.02. The largest absolute Gasteiger partial charge is 0.493 e. The number of para-hydroxylation sites is 1. The third-order valence-corrected chi connectivity index (χ3v) is 5.42. The highest BCUT2D eigenvalue weighted by Gasteiger charge is 2.37. The summed E-state index contributed by atoms with van der Waals surface area (Å²) in [5, 5.41) is 0. The Balaban J connectivity index is 1.83. The van der Waals surface area contributed by atoms with Gasteiger partial charge in [0.1, 0.15) is 5.75 Å². The van der Waals surface area contributed by atoms with Crippen molar-refractivity contribution in [3.63, 3.8) is 0 Å². The Bertz CT molecular complexity index is 377. The van der Waals surface area contributed by atoms with Crippen LogP contribution in [-0.4, -0.2) is 37.3 Å². The maximum Gasteiger partial charge on any atom is 0.119 e. The molecule has 0 spiro atoms. The summed E-state index contributed by atoms with van der Waals surface area (Å²) in [6, 6.07) is 10.2. The van der Waals surface area contributed by atoms with Gasteiger partial charge in [0.2, 0.25) is 0 Å². The van der Waals surface area contributed by atoms with Crippen LogP contribution in [0.4, 0.5) is 0 Å².